The molecule has 5 heteroatoms. The lowest BCUT2D eigenvalue weighted by Gasteiger charge is -2.20. The Balaban J connectivity index is 1.60. The average Bonchev–Trinajstić information content (AvgIpc) is 2.90. The molecule has 0 spiro atoms. The third-order valence-corrected chi connectivity index (χ3v) is 4.77. The Bertz CT molecular complexity index is 480. The lowest BCUT2D eigenvalue weighted by Crippen LogP contribution is -2.30. The molecule has 2 atom stereocenters. The normalized spacial score (nSPS) is 26.7. The van der Waals surface area contributed by atoms with Gasteiger partial charge in [-0.2, -0.15) is 0 Å². The maximum atomic E-state index is 11.2. The number of benzene rings is 1. The van der Waals surface area contributed by atoms with Gasteiger partial charge in [0.05, 0.1) is 0 Å². The molecule has 0 N–H and O–H groups in total. The highest BCUT2D eigenvalue weighted by Crippen LogP contribution is 2.33. The molecule has 2 unspecified atom stereocenters. The SMILES string of the molecule is O=C(Cl)N1CC2CN(Cc3ccccc3Cl)CC2C1. The summed E-state index contributed by atoms with van der Waals surface area (Å²) < 4.78 is 0. The molecule has 0 saturated carbocycles. The van der Waals surface area contributed by atoms with Crippen LogP contribution in [0.15, 0.2) is 24.3 Å². The van der Waals surface area contributed by atoms with Gasteiger partial charge >= 0.3 is 5.37 Å². The Morgan fingerprint density at radius 1 is 1.16 bits per heavy atom. The molecular weight excluding hydrogens is 283 g/mol. The van der Waals surface area contributed by atoms with Crippen LogP contribution in [0, 0.1) is 11.8 Å². The number of carbonyl (C=O) groups excluding carboxylic acids is 1. The first kappa shape index (κ1) is 13.2. The van der Waals surface area contributed by atoms with Gasteiger partial charge in [-0.15, -0.1) is 0 Å². The van der Waals surface area contributed by atoms with E-state index < -0.39 is 0 Å². The van der Waals surface area contributed by atoms with Crippen molar-refractivity contribution >= 4 is 28.6 Å². The maximum Gasteiger partial charge on any atom is 0.316 e. The van der Waals surface area contributed by atoms with E-state index in [9.17, 15) is 4.79 Å². The van der Waals surface area contributed by atoms with E-state index >= 15 is 0 Å². The minimum atomic E-state index is -0.313. The summed E-state index contributed by atoms with van der Waals surface area (Å²) >= 11 is 11.7. The molecule has 0 aromatic heterocycles. The number of nitrogens with zero attached hydrogens (tertiary/aromatic N) is 2. The van der Waals surface area contributed by atoms with Crippen LogP contribution < -0.4 is 0 Å². The third-order valence-electron chi connectivity index (χ3n) is 4.16. The summed E-state index contributed by atoms with van der Waals surface area (Å²) in [5.41, 5.74) is 1.18. The minimum Gasteiger partial charge on any atom is -0.329 e. The number of rotatable bonds is 2. The Morgan fingerprint density at radius 2 is 1.79 bits per heavy atom. The lowest BCUT2D eigenvalue weighted by atomic mass is 10.0. The van der Waals surface area contributed by atoms with E-state index in [1.165, 1.54) is 5.56 Å². The van der Waals surface area contributed by atoms with Crippen LogP contribution in [0.1, 0.15) is 5.56 Å². The molecule has 19 heavy (non-hydrogen) atoms. The molecule has 1 aromatic rings. The summed E-state index contributed by atoms with van der Waals surface area (Å²) in [7, 11) is 0. The molecule has 2 heterocycles. The molecule has 102 valence electrons. The van der Waals surface area contributed by atoms with Gasteiger partial charge in [-0.05, 0) is 35.1 Å². The summed E-state index contributed by atoms with van der Waals surface area (Å²) in [6.07, 6.45) is 0. The van der Waals surface area contributed by atoms with Gasteiger partial charge in [-0.3, -0.25) is 9.69 Å². The van der Waals surface area contributed by atoms with Crippen LogP contribution in [0.4, 0.5) is 4.79 Å². The van der Waals surface area contributed by atoms with Crippen LogP contribution in [0.3, 0.4) is 0 Å². The van der Waals surface area contributed by atoms with E-state index in [4.69, 9.17) is 23.2 Å². The number of hydrogen-bond donors (Lipinski definition) is 0. The quantitative estimate of drug-likeness (QED) is 0.619. The summed E-state index contributed by atoms with van der Waals surface area (Å²) in [5.74, 6) is 1.12. The second-order valence-corrected chi connectivity index (χ2v) is 6.19. The Hall–Kier alpha value is -0.770. The number of amides is 1. The van der Waals surface area contributed by atoms with Crippen LogP contribution in [0.25, 0.3) is 0 Å². The Labute approximate surface area is 123 Å². The molecule has 3 nitrogen and oxygen atoms in total. The molecule has 2 saturated heterocycles. The van der Waals surface area contributed by atoms with Crippen LogP contribution >= 0.6 is 23.2 Å². The first-order valence-corrected chi connectivity index (χ1v) is 7.29. The van der Waals surface area contributed by atoms with Crippen molar-refractivity contribution in [1.82, 2.24) is 9.80 Å². The molecule has 2 fully saturated rings. The van der Waals surface area contributed by atoms with E-state index in [1.54, 1.807) is 4.90 Å². The smallest absolute Gasteiger partial charge is 0.316 e. The van der Waals surface area contributed by atoms with E-state index in [1.807, 2.05) is 18.2 Å². The predicted molar refractivity (Wildman–Crippen MR) is 76.5 cm³/mol. The molecule has 2 aliphatic rings. The van der Waals surface area contributed by atoms with Gasteiger partial charge in [0.25, 0.3) is 0 Å². The highest BCUT2D eigenvalue weighted by atomic mass is 35.5. The number of carbonyl (C=O) groups is 1. The van der Waals surface area contributed by atoms with Crippen molar-refractivity contribution in [2.45, 2.75) is 6.54 Å². The summed E-state index contributed by atoms with van der Waals surface area (Å²) in [5, 5.41) is 0.518. The van der Waals surface area contributed by atoms with Crippen molar-refractivity contribution in [1.29, 1.82) is 0 Å². The standard InChI is InChI=1S/C14H16Cl2N2O/c15-13-4-2-1-3-10(13)5-17-6-11-8-18(14(16)19)9-12(11)7-17/h1-4,11-12H,5-9H2. The molecule has 0 aliphatic carbocycles. The van der Waals surface area contributed by atoms with Gasteiger partial charge < -0.3 is 4.90 Å². The highest BCUT2D eigenvalue weighted by Gasteiger charge is 2.41. The first-order valence-electron chi connectivity index (χ1n) is 6.53. The number of hydrogen-bond acceptors (Lipinski definition) is 2. The van der Waals surface area contributed by atoms with Crippen LogP contribution in [0.5, 0.6) is 0 Å². The average molecular weight is 299 g/mol. The monoisotopic (exact) mass is 298 g/mol. The Kier molecular flexibility index (Phi) is 3.70. The zero-order valence-corrected chi connectivity index (χ0v) is 12.1. The van der Waals surface area contributed by atoms with Crippen molar-refractivity contribution in [2.75, 3.05) is 26.2 Å². The minimum absolute atomic E-state index is 0.313. The van der Waals surface area contributed by atoms with Crippen molar-refractivity contribution in [3.8, 4) is 0 Å². The second-order valence-electron chi connectivity index (χ2n) is 5.46. The zero-order chi connectivity index (χ0) is 13.4. The van der Waals surface area contributed by atoms with Gasteiger partial charge in [-0.25, -0.2) is 0 Å². The van der Waals surface area contributed by atoms with Crippen LogP contribution in [-0.4, -0.2) is 41.3 Å². The van der Waals surface area contributed by atoms with E-state index in [0.717, 1.165) is 37.7 Å². The van der Waals surface area contributed by atoms with Gasteiger partial charge in [0, 0.05) is 37.7 Å². The Morgan fingerprint density at radius 3 is 2.37 bits per heavy atom. The largest absolute Gasteiger partial charge is 0.329 e. The van der Waals surface area contributed by atoms with Crippen molar-refractivity contribution in [3.05, 3.63) is 34.9 Å². The van der Waals surface area contributed by atoms with E-state index in [2.05, 4.69) is 11.0 Å². The molecule has 1 amide bonds. The van der Waals surface area contributed by atoms with Gasteiger partial charge in [0.1, 0.15) is 0 Å². The van der Waals surface area contributed by atoms with Gasteiger partial charge in [-0.1, -0.05) is 29.8 Å². The van der Waals surface area contributed by atoms with E-state index in [-0.39, 0.29) is 5.37 Å². The fourth-order valence-electron chi connectivity index (χ4n) is 3.23. The number of halogens is 2. The van der Waals surface area contributed by atoms with E-state index in [0.29, 0.717) is 11.8 Å². The lowest BCUT2D eigenvalue weighted by molar-refractivity contribution is 0.221. The number of likely N-dealkylation sites (tertiary alicyclic amines) is 2. The zero-order valence-electron chi connectivity index (χ0n) is 10.6. The molecule has 2 aliphatic heterocycles. The summed E-state index contributed by atoms with van der Waals surface area (Å²) in [6, 6.07) is 7.98. The fraction of sp³-hybridized carbons (Fsp3) is 0.500. The van der Waals surface area contributed by atoms with Crippen molar-refractivity contribution in [3.63, 3.8) is 0 Å². The first-order chi connectivity index (χ1) is 9.13. The molecule has 3 rings (SSSR count). The van der Waals surface area contributed by atoms with Gasteiger partial charge in [0.2, 0.25) is 0 Å². The van der Waals surface area contributed by atoms with Crippen molar-refractivity contribution < 1.29 is 4.79 Å². The highest BCUT2D eigenvalue weighted by molar-refractivity contribution is 6.62. The third kappa shape index (κ3) is 2.73. The summed E-state index contributed by atoms with van der Waals surface area (Å²) in [4.78, 5) is 15.3. The fourth-order valence-corrected chi connectivity index (χ4v) is 3.56. The molecule has 0 radical (unpaired) electrons. The molecule has 1 aromatic carbocycles. The number of fused-ring (bicyclic) bond motifs is 1. The topological polar surface area (TPSA) is 23.6 Å². The van der Waals surface area contributed by atoms with Crippen LogP contribution in [0.2, 0.25) is 5.02 Å². The maximum absolute atomic E-state index is 11.2. The summed E-state index contributed by atoms with van der Waals surface area (Å²) in [6.45, 7) is 4.53. The molecule has 0 bridgehead atoms. The second kappa shape index (κ2) is 5.31. The predicted octanol–water partition coefficient (Wildman–Crippen LogP) is 3.06. The van der Waals surface area contributed by atoms with Crippen molar-refractivity contribution in [2.24, 2.45) is 11.8 Å². The molecular formula is C14H16Cl2N2O. The van der Waals surface area contributed by atoms with Crippen LogP contribution in [-0.2, 0) is 6.54 Å². The van der Waals surface area contributed by atoms with Gasteiger partial charge in [0.15, 0.2) is 0 Å².